The van der Waals surface area contributed by atoms with Gasteiger partial charge in [0, 0.05) is 30.0 Å². The van der Waals surface area contributed by atoms with Gasteiger partial charge in [0.05, 0.1) is 7.11 Å². The number of aromatic nitrogens is 3. The van der Waals surface area contributed by atoms with Crippen LogP contribution in [0, 0.1) is 0 Å². The number of carbonyl (C=O) groups is 1. The number of anilines is 1. The predicted molar refractivity (Wildman–Crippen MR) is 92.4 cm³/mol. The predicted octanol–water partition coefficient (Wildman–Crippen LogP) is 3.40. The van der Waals surface area contributed by atoms with Crippen LogP contribution in [-0.4, -0.2) is 27.6 Å². The van der Waals surface area contributed by atoms with Crippen LogP contribution in [0.1, 0.15) is 10.4 Å². The average Bonchev–Trinajstić information content (AvgIpc) is 2.96. The van der Waals surface area contributed by atoms with Crippen LogP contribution in [0.3, 0.4) is 0 Å². The maximum Gasteiger partial charge on any atom is 0.257 e. The Morgan fingerprint density at radius 3 is 2.71 bits per heavy atom. The largest absolute Gasteiger partial charge is 0.494 e. The summed E-state index contributed by atoms with van der Waals surface area (Å²) in [5, 5.41) is 3.35. The van der Waals surface area contributed by atoms with Crippen LogP contribution in [0.2, 0.25) is 5.02 Å². The summed E-state index contributed by atoms with van der Waals surface area (Å²) in [5.41, 5.74) is 1.73. The third-order valence-corrected chi connectivity index (χ3v) is 3.69. The van der Waals surface area contributed by atoms with Gasteiger partial charge in [-0.15, -0.1) is 0 Å². The molecule has 24 heavy (non-hydrogen) atoms. The standard InChI is InChI=1S/C17H15ClN4O2/c1-22-10-13(15-14(24-2)4-3-9-19-15)20-17(22)21-16(23)11-5-7-12(18)8-6-11/h3-10H,1-2H3,(H,20,21,23). The van der Waals surface area contributed by atoms with E-state index in [0.29, 0.717) is 33.7 Å². The van der Waals surface area contributed by atoms with Crippen molar-refractivity contribution >= 4 is 23.5 Å². The minimum absolute atomic E-state index is 0.264. The zero-order valence-electron chi connectivity index (χ0n) is 13.2. The molecule has 0 saturated heterocycles. The van der Waals surface area contributed by atoms with E-state index in [1.54, 1.807) is 61.5 Å². The SMILES string of the molecule is COc1cccnc1-c1cn(C)c(NC(=O)c2ccc(Cl)cc2)n1. The third-order valence-electron chi connectivity index (χ3n) is 3.44. The van der Waals surface area contributed by atoms with Gasteiger partial charge in [0.2, 0.25) is 5.95 Å². The lowest BCUT2D eigenvalue weighted by atomic mass is 10.2. The van der Waals surface area contributed by atoms with E-state index < -0.39 is 0 Å². The minimum Gasteiger partial charge on any atom is -0.494 e. The van der Waals surface area contributed by atoms with E-state index in [1.807, 2.05) is 6.07 Å². The fourth-order valence-corrected chi connectivity index (χ4v) is 2.35. The Bertz CT molecular complexity index is 875. The van der Waals surface area contributed by atoms with Crippen molar-refractivity contribution in [3.8, 4) is 17.1 Å². The third kappa shape index (κ3) is 3.23. The number of hydrogen-bond donors (Lipinski definition) is 1. The minimum atomic E-state index is -0.264. The van der Waals surface area contributed by atoms with Gasteiger partial charge in [0.1, 0.15) is 17.1 Å². The number of nitrogens with zero attached hydrogens (tertiary/aromatic N) is 3. The fourth-order valence-electron chi connectivity index (χ4n) is 2.22. The lowest BCUT2D eigenvalue weighted by molar-refractivity contribution is 0.102. The summed E-state index contributed by atoms with van der Waals surface area (Å²) in [7, 11) is 3.37. The Morgan fingerprint density at radius 1 is 1.25 bits per heavy atom. The molecule has 0 atom stereocenters. The molecule has 3 rings (SSSR count). The number of nitrogens with one attached hydrogen (secondary N) is 1. The molecule has 0 aliphatic carbocycles. The number of methoxy groups -OCH3 is 1. The van der Waals surface area contributed by atoms with Crippen LogP contribution in [0.25, 0.3) is 11.4 Å². The van der Waals surface area contributed by atoms with Gasteiger partial charge in [-0.1, -0.05) is 11.6 Å². The highest BCUT2D eigenvalue weighted by Crippen LogP contribution is 2.27. The molecular weight excluding hydrogens is 328 g/mol. The van der Waals surface area contributed by atoms with Crippen LogP contribution in [0.15, 0.2) is 48.8 Å². The highest BCUT2D eigenvalue weighted by molar-refractivity contribution is 6.30. The Hall–Kier alpha value is -2.86. The molecule has 2 heterocycles. The van der Waals surface area contributed by atoms with Gasteiger partial charge in [-0.3, -0.25) is 15.1 Å². The van der Waals surface area contributed by atoms with E-state index in [9.17, 15) is 4.79 Å². The Balaban J connectivity index is 1.86. The second-order valence-electron chi connectivity index (χ2n) is 5.08. The van der Waals surface area contributed by atoms with Crippen molar-refractivity contribution in [1.82, 2.24) is 14.5 Å². The van der Waals surface area contributed by atoms with E-state index in [0.717, 1.165) is 0 Å². The molecule has 2 aromatic heterocycles. The van der Waals surface area contributed by atoms with E-state index >= 15 is 0 Å². The lowest BCUT2D eigenvalue weighted by Gasteiger charge is -2.04. The molecule has 6 nitrogen and oxygen atoms in total. The molecule has 3 aromatic rings. The second kappa shape index (κ2) is 6.72. The average molecular weight is 343 g/mol. The molecule has 0 fully saturated rings. The number of aryl methyl sites for hydroxylation is 1. The summed E-state index contributed by atoms with van der Waals surface area (Å²) >= 11 is 5.83. The molecule has 0 aliphatic heterocycles. The van der Waals surface area contributed by atoms with Gasteiger partial charge in [0.15, 0.2) is 0 Å². The van der Waals surface area contributed by atoms with Crippen molar-refractivity contribution in [3.63, 3.8) is 0 Å². The Kier molecular flexibility index (Phi) is 4.48. The maximum atomic E-state index is 12.3. The molecule has 0 radical (unpaired) electrons. The smallest absolute Gasteiger partial charge is 0.257 e. The van der Waals surface area contributed by atoms with E-state index in [-0.39, 0.29) is 5.91 Å². The van der Waals surface area contributed by atoms with Gasteiger partial charge >= 0.3 is 0 Å². The summed E-state index contributed by atoms with van der Waals surface area (Å²) < 4.78 is 7.02. The Labute approximate surface area is 144 Å². The maximum absolute atomic E-state index is 12.3. The van der Waals surface area contributed by atoms with Crippen molar-refractivity contribution in [1.29, 1.82) is 0 Å². The first kappa shape index (κ1) is 16.0. The van der Waals surface area contributed by atoms with Crippen LogP contribution in [0.4, 0.5) is 5.95 Å². The van der Waals surface area contributed by atoms with Gasteiger partial charge in [-0.25, -0.2) is 4.98 Å². The zero-order chi connectivity index (χ0) is 17.1. The summed E-state index contributed by atoms with van der Waals surface area (Å²) in [6.07, 6.45) is 3.45. The molecule has 0 spiro atoms. The van der Waals surface area contributed by atoms with Crippen LogP contribution < -0.4 is 10.1 Å². The summed E-state index contributed by atoms with van der Waals surface area (Å²) in [5.74, 6) is 0.767. The first-order valence-electron chi connectivity index (χ1n) is 7.18. The van der Waals surface area contributed by atoms with Crippen molar-refractivity contribution in [2.75, 3.05) is 12.4 Å². The van der Waals surface area contributed by atoms with Crippen molar-refractivity contribution in [2.45, 2.75) is 0 Å². The first-order valence-corrected chi connectivity index (χ1v) is 7.56. The lowest BCUT2D eigenvalue weighted by Crippen LogP contribution is -2.14. The number of halogens is 1. The van der Waals surface area contributed by atoms with E-state index in [1.165, 1.54) is 0 Å². The number of benzene rings is 1. The summed E-state index contributed by atoms with van der Waals surface area (Å²) in [6, 6.07) is 10.2. The molecule has 0 unspecified atom stereocenters. The molecule has 1 N–H and O–H groups in total. The molecule has 1 amide bonds. The van der Waals surface area contributed by atoms with Gasteiger partial charge < -0.3 is 9.30 Å². The summed E-state index contributed by atoms with van der Waals surface area (Å²) in [4.78, 5) is 21.0. The first-order chi connectivity index (χ1) is 11.6. The Morgan fingerprint density at radius 2 is 2.00 bits per heavy atom. The quantitative estimate of drug-likeness (QED) is 0.789. The normalized spacial score (nSPS) is 10.5. The number of amides is 1. The number of hydrogen-bond acceptors (Lipinski definition) is 4. The second-order valence-corrected chi connectivity index (χ2v) is 5.51. The molecule has 0 bridgehead atoms. The highest BCUT2D eigenvalue weighted by atomic mass is 35.5. The molecule has 0 aliphatic rings. The van der Waals surface area contributed by atoms with Crippen LogP contribution >= 0.6 is 11.6 Å². The van der Waals surface area contributed by atoms with E-state index in [2.05, 4.69) is 15.3 Å². The highest BCUT2D eigenvalue weighted by Gasteiger charge is 2.15. The van der Waals surface area contributed by atoms with Gasteiger partial charge in [-0.05, 0) is 36.4 Å². The fraction of sp³-hybridized carbons (Fsp3) is 0.118. The number of imidazole rings is 1. The molecule has 7 heteroatoms. The van der Waals surface area contributed by atoms with Crippen molar-refractivity contribution in [2.24, 2.45) is 7.05 Å². The van der Waals surface area contributed by atoms with Crippen LogP contribution in [0.5, 0.6) is 5.75 Å². The number of rotatable bonds is 4. The number of pyridine rings is 1. The number of ether oxygens (including phenoxy) is 1. The van der Waals surface area contributed by atoms with Crippen molar-refractivity contribution < 1.29 is 9.53 Å². The monoisotopic (exact) mass is 342 g/mol. The van der Waals surface area contributed by atoms with Gasteiger partial charge in [-0.2, -0.15) is 0 Å². The van der Waals surface area contributed by atoms with Crippen LogP contribution in [-0.2, 0) is 7.05 Å². The number of carbonyl (C=O) groups excluding carboxylic acids is 1. The van der Waals surface area contributed by atoms with E-state index in [4.69, 9.17) is 16.3 Å². The molecular formula is C17H15ClN4O2. The molecule has 122 valence electrons. The topological polar surface area (TPSA) is 69.0 Å². The van der Waals surface area contributed by atoms with Gasteiger partial charge in [0.25, 0.3) is 5.91 Å². The molecule has 1 aromatic carbocycles. The summed E-state index contributed by atoms with van der Waals surface area (Å²) in [6.45, 7) is 0. The zero-order valence-corrected chi connectivity index (χ0v) is 13.9. The van der Waals surface area contributed by atoms with Crippen molar-refractivity contribution in [3.05, 3.63) is 59.4 Å². The molecule has 0 saturated carbocycles.